The Labute approximate surface area is 189 Å². The summed E-state index contributed by atoms with van der Waals surface area (Å²) in [6.45, 7) is 3.62. The molecule has 0 bridgehead atoms. The molecule has 4 rings (SSSR count). The fourth-order valence-corrected chi connectivity index (χ4v) is 4.22. The number of hydrogen-bond acceptors (Lipinski definition) is 12. The Hall–Kier alpha value is -2.81. The van der Waals surface area contributed by atoms with Crippen LogP contribution in [0, 0.1) is 0 Å². The predicted octanol–water partition coefficient (Wildman–Crippen LogP) is 0.224. The average molecular weight is 483 g/mol. The summed E-state index contributed by atoms with van der Waals surface area (Å²) in [7, 11) is -1.78. The van der Waals surface area contributed by atoms with E-state index in [4.69, 9.17) is 14.0 Å². The molecule has 180 valence electrons. The molecule has 0 aliphatic carbocycles. The van der Waals surface area contributed by atoms with Crippen molar-refractivity contribution in [2.45, 2.75) is 44.8 Å². The molecule has 0 radical (unpaired) electrons. The summed E-state index contributed by atoms with van der Waals surface area (Å²) in [6.07, 6.45) is -2.50. The summed E-state index contributed by atoms with van der Waals surface area (Å²) in [4.78, 5) is 12.8. The second-order valence-electron chi connectivity index (χ2n) is 7.55. The van der Waals surface area contributed by atoms with Gasteiger partial charge in [0.15, 0.2) is 38.8 Å². The van der Waals surface area contributed by atoms with Gasteiger partial charge < -0.3 is 29.5 Å². The second-order valence-corrected chi connectivity index (χ2v) is 10.0. The molecule has 33 heavy (non-hydrogen) atoms. The molecule has 0 spiro atoms. The van der Waals surface area contributed by atoms with Gasteiger partial charge in [-0.3, -0.25) is 4.57 Å². The third-order valence-electron chi connectivity index (χ3n) is 5.46. The maximum atomic E-state index is 11.8. The van der Waals surface area contributed by atoms with Gasteiger partial charge in [0.05, 0.1) is 24.9 Å². The molecule has 0 saturated carbocycles. The number of imidazole rings is 1. The van der Waals surface area contributed by atoms with Crippen molar-refractivity contribution in [2.75, 3.05) is 30.5 Å². The highest BCUT2D eigenvalue weighted by Crippen LogP contribution is 2.40. The minimum atomic E-state index is -3.17. The lowest BCUT2D eigenvalue weighted by atomic mass is 10.1. The largest absolute Gasteiger partial charge is 0.467 e. The van der Waals surface area contributed by atoms with Gasteiger partial charge in [-0.15, -0.1) is 0 Å². The number of aryl methyl sites for hydroxylation is 1. The first-order valence-corrected chi connectivity index (χ1v) is 12.3. The number of sulfone groups is 1. The predicted molar refractivity (Wildman–Crippen MR) is 115 cm³/mol. The third kappa shape index (κ3) is 4.51. The van der Waals surface area contributed by atoms with Gasteiger partial charge in [-0.1, -0.05) is 19.0 Å². The summed E-state index contributed by atoms with van der Waals surface area (Å²) in [5.74, 6) is 0.538. The van der Waals surface area contributed by atoms with Crippen molar-refractivity contribution in [3.63, 3.8) is 0 Å². The Kier molecular flexibility index (Phi) is 6.52. The van der Waals surface area contributed by atoms with E-state index < -0.39 is 34.4 Å². The fourth-order valence-electron chi connectivity index (χ4n) is 3.52. The van der Waals surface area contributed by atoms with E-state index >= 15 is 0 Å². The number of aromatic nitrogens is 5. The van der Waals surface area contributed by atoms with Crippen LogP contribution in [-0.2, 0) is 21.0 Å². The van der Waals surface area contributed by atoms with Crippen LogP contribution in [-0.4, -0.2) is 80.7 Å². The molecule has 13 nitrogen and oxygen atoms in total. The Balaban J connectivity index is 1.64. The normalized spacial score (nSPS) is 23.3. The molecule has 0 amide bonds. The molecule has 0 unspecified atom stereocenters. The number of aliphatic hydroxyl groups is 2. The van der Waals surface area contributed by atoms with Gasteiger partial charge in [-0.05, 0) is 6.42 Å². The Bertz CT molecular complexity index is 1230. The topological polar surface area (TPSA) is 175 Å². The number of methoxy groups -OCH3 is 1. The monoisotopic (exact) mass is 482 g/mol. The van der Waals surface area contributed by atoms with Gasteiger partial charge in [0.25, 0.3) is 0 Å². The lowest BCUT2D eigenvalue weighted by Gasteiger charge is -2.16. The lowest BCUT2D eigenvalue weighted by Crippen LogP contribution is -2.29. The van der Waals surface area contributed by atoms with E-state index in [1.807, 2.05) is 6.92 Å². The average Bonchev–Trinajstić information content (AvgIpc) is 3.52. The number of hydrogen-bond donors (Lipinski definition) is 3. The molecule has 3 aromatic rings. The van der Waals surface area contributed by atoms with E-state index in [1.54, 1.807) is 13.0 Å². The van der Waals surface area contributed by atoms with Gasteiger partial charge >= 0.3 is 6.01 Å². The summed E-state index contributed by atoms with van der Waals surface area (Å²) in [6, 6.07) is 1.68. The number of fused-ring (bicyclic) bond motifs is 1. The second kappa shape index (κ2) is 9.21. The van der Waals surface area contributed by atoms with E-state index in [9.17, 15) is 18.6 Å². The summed E-state index contributed by atoms with van der Waals surface area (Å²) in [5, 5.41) is 28.1. The summed E-state index contributed by atoms with van der Waals surface area (Å²) >= 11 is 0. The molecule has 14 heteroatoms. The summed E-state index contributed by atoms with van der Waals surface area (Å²) < 4.78 is 41.4. The van der Waals surface area contributed by atoms with E-state index in [-0.39, 0.29) is 35.5 Å². The SMILES string of the molecule is CCc1cc([C@H]2O[C@@H](n3cnc4c(NCCS(=O)(=O)CC)nc(OC)nc43)[C@H](O)[C@@H]2O)on1. The number of aliphatic hydroxyl groups excluding tert-OH is 2. The van der Waals surface area contributed by atoms with Crippen molar-refractivity contribution in [1.82, 2.24) is 24.7 Å². The molecule has 1 aliphatic rings. The molecule has 3 N–H and O–H groups in total. The van der Waals surface area contributed by atoms with Crippen LogP contribution in [0.5, 0.6) is 6.01 Å². The van der Waals surface area contributed by atoms with Crippen LogP contribution < -0.4 is 10.1 Å². The minimum absolute atomic E-state index is 0.0116. The van der Waals surface area contributed by atoms with Crippen LogP contribution in [0.4, 0.5) is 5.82 Å². The van der Waals surface area contributed by atoms with Gasteiger partial charge in [0.1, 0.15) is 18.3 Å². The zero-order chi connectivity index (χ0) is 23.8. The molecular weight excluding hydrogens is 456 g/mol. The van der Waals surface area contributed by atoms with Crippen LogP contribution in [0.3, 0.4) is 0 Å². The quantitative estimate of drug-likeness (QED) is 0.379. The highest BCUT2D eigenvalue weighted by molar-refractivity contribution is 7.91. The van der Waals surface area contributed by atoms with Crippen LogP contribution in [0.25, 0.3) is 11.2 Å². The van der Waals surface area contributed by atoms with E-state index in [1.165, 1.54) is 18.0 Å². The van der Waals surface area contributed by atoms with E-state index in [2.05, 4.69) is 25.4 Å². The molecule has 1 saturated heterocycles. The van der Waals surface area contributed by atoms with Crippen molar-refractivity contribution < 1.29 is 32.6 Å². The minimum Gasteiger partial charge on any atom is -0.467 e. The van der Waals surface area contributed by atoms with Crippen LogP contribution >= 0.6 is 0 Å². The van der Waals surface area contributed by atoms with Gasteiger partial charge in [-0.2, -0.15) is 9.97 Å². The van der Waals surface area contributed by atoms with Crippen molar-refractivity contribution in [3.8, 4) is 6.01 Å². The highest BCUT2D eigenvalue weighted by atomic mass is 32.2. The van der Waals surface area contributed by atoms with Crippen molar-refractivity contribution in [2.24, 2.45) is 0 Å². The Morgan fingerprint density at radius 1 is 1.24 bits per heavy atom. The first-order chi connectivity index (χ1) is 15.8. The molecule has 1 fully saturated rings. The van der Waals surface area contributed by atoms with Gasteiger partial charge in [-0.25, -0.2) is 13.4 Å². The fraction of sp³-hybridized carbons (Fsp3) is 0.579. The summed E-state index contributed by atoms with van der Waals surface area (Å²) in [5.41, 5.74) is 1.29. The smallest absolute Gasteiger partial charge is 0.320 e. The molecule has 1 aliphatic heterocycles. The van der Waals surface area contributed by atoms with Crippen LogP contribution in [0.15, 0.2) is 16.9 Å². The number of nitrogens with zero attached hydrogens (tertiary/aromatic N) is 5. The first-order valence-electron chi connectivity index (χ1n) is 10.5. The molecule has 0 aromatic carbocycles. The molecular formula is C19H26N6O7S. The van der Waals surface area contributed by atoms with Crippen LogP contribution in [0.1, 0.15) is 37.6 Å². The van der Waals surface area contributed by atoms with Crippen LogP contribution in [0.2, 0.25) is 0 Å². The van der Waals surface area contributed by atoms with Crippen molar-refractivity contribution >= 4 is 26.8 Å². The number of anilines is 1. The lowest BCUT2D eigenvalue weighted by molar-refractivity contribution is -0.0434. The zero-order valence-electron chi connectivity index (χ0n) is 18.4. The molecule has 3 aromatic heterocycles. The number of nitrogens with one attached hydrogen (secondary N) is 1. The van der Waals surface area contributed by atoms with Crippen molar-refractivity contribution in [1.29, 1.82) is 0 Å². The molecule has 4 atom stereocenters. The maximum Gasteiger partial charge on any atom is 0.320 e. The van der Waals surface area contributed by atoms with E-state index in [0.29, 0.717) is 23.4 Å². The van der Waals surface area contributed by atoms with Gasteiger partial charge in [0.2, 0.25) is 0 Å². The van der Waals surface area contributed by atoms with Gasteiger partial charge in [0, 0.05) is 18.4 Å². The standard InChI is InChI=1S/C19H26N6O7S/c1-4-10-8-11(32-24-10)15-13(26)14(27)18(31-15)25-9-21-12-16(20-6-7-33(28,29)5-2)22-19(30-3)23-17(12)25/h8-9,13-15,18,26-27H,4-7H2,1-3H3,(H,20,22,23)/t13-,14+,15+,18+/m0/s1. The maximum absolute atomic E-state index is 11.8. The number of rotatable bonds is 9. The Morgan fingerprint density at radius 3 is 2.70 bits per heavy atom. The zero-order valence-corrected chi connectivity index (χ0v) is 19.2. The molecule has 4 heterocycles. The first kappa shape index (κ1) is 23.4. The highest BCUT2D eigenvalue weighted by Gasteiger charge is 2.47. The van der Waals surface area contributed by atoms with Crippen molar-refractivity contribution in [3.05, 3.63) is 23.8 Å². The van der Waals surface area contributed by atoms with E-state index in [0.717, 1.165) is 0 Å². The number of ether oxygens (including phenoxy) is 2. The third-order valence-corrected chi connectivity index (χ3v) is 7.17. The Morgan fingerprint density at radius 2 is 2.03 bits per heavy atom.